The van der Waals surface area contributed by atoms with E-state index in [4.69, 9.17) is 23.2 Å². The van der Waals surface area contributed by atoms with Crippen molar-refractivity contribution in [2.45, 2.75) is 11.7 Å². The number of nitrogens with zero attached hydrogens (tertiary/aromatic N) is 3. The molecule has 0 unspecified atom stereocenters. The second-order valence-corrected chi connectivity index (χ2v) is 7.41. The summed E-state index contributed by atoms with van der Waals surface area (Å²) in [5.74, 6) is -0.134. The van der Waals surface area contributed by atoms with Crippen molar-refractivity contribution in [1.82, 2.24) is 14.8 Å². The van der Waals surface area contributed by atoms with Crippen LogP contribution >= 0.6 is 35.0 Å². The molecule has 1 N–H and O–H groups in total. The summed E-state index contributed by atoms with van der Waals surface area (Å²) < 4.78 is 15.0. The van der Waals surface area contributed by atoms with Crippen molar-refractivity contribution in [3.05, 3.63) is 71.0 Å². The zero-order valence-corrected chi connectivity index (χ0v) is 16.9. The van der Waals surface area contributed by atoms with Gasteiger partial charge in [-0.1, -0.05) is 53.2 Å². The third-order valence-corrected chi connectivity index (χ3v) is 5.26. The molecule has 2 aromatic carbocycles. The number of halogens is 3. The molecule has 0 saturated heterocycles. The molecule has 0 spiro atoms. The normalized spacial score (nSPS) is 10.7. The Kier molecular flexibility index (Phi) is 6.72. The van der Waals surface area contributed by atoms with Gasteiger partial charge in [-0.25, -0.2) is 4.39 Å². The second kappa shape index (κ2) is 9.23. The fraction of sp³-hybridized carbons (Fsp3) is 0.105. The Bertz CT molecular complexity index is 1020. The van der Waals surface area contributed by atoms with Gasteiger partial charge in [0.05, 0.1) is 15.8 Å². The zero-order valence-electron chi connectivity index (χ0n) is 14.5. The molecule has 0 bridgehead atoms. The predicted molar refractivity (Wildman–Crippen MR) is 111 cm³/mol. The molecule has 9 heteroatoms. The van der Waals surface area contributed by atoms with E-state index in [1.165, 1.54) is 30.0 Å². The van der Waals surface area contributed by atoms with Gasteiger partial charge in [0.25, 0.3) is 0 Å². The van der Waals surface area contributed by atoms with Crippen LogP contribution in [-0.2, 0) is 11.3 Å². The van der Waals surface area contributed by atoms with Crippen LogP contribution in [-0.4, -0.2) is 26.4 Å². The summed E-state index contributed by atoms with van der Waals surface area (Å²) in [7, 11) is 0. The van der Waals surface area contributed by atoms with Crippen LogP contribution in [0.15, 0.2) is 60.3 Å². The molecule has 1 aromatic heterocycles. The Hall–Kier alpha value is -2.35. The largest absolute Gasteiger partial charge is 0.325 e. The number of aromatic nitrogens is 3. The van der Waals surface area contributed by atoms with Crippen LogP contribution in [0.25, 0.3) is 11.4 Å². The van der Waals surface area contributed by atoms with E-state index in [9.17, 15) is 9.18 Å². The number of rotatable bonds is 7. The lowest BCUT2D eigenvalue weighted by molar-refractivity contribution is -0.113. The molecular weight excluding hydrogens is 422 g/mol. The molecule has 144 valence electrons. The lowest BCUT2D eigenvalue weighted by Gasteiger charge is -2.09. The number of allylic oxidation sites excluding steroid dienone is 1. The van der Waals surface area contributed by atoms with Gasteiger partial charge >= 0.3 is 0 Å². The van der Waals surface area contributed by atoms with Crippen molar-refractivity contribution in [2.75, 3.05) is 11.1 Å². The first-order valence-electron chi connectivity index (χ1n) is 8.16. The van der Waals surface area contributed by atoms with Crippen LogP contribution in [0.1, 0.15) is 0 Å². The predicted octanol–water partition coefficient (Wildman–Crippen LogP) is 5.31. The number of amides is 1. The highest BCUT2D eigenvalue weighted by Crippen LogP contribution is 2.29. The molecule has 0 aliphatic rings. The summed E-state index contributed by atoms with van der Waals surface area (Å²) in [6.45, 7) is 4.22. The summed E-state index contributed by atoms with van der Waals surface area (Å²) >= 11 is 13.2. The van der Waals surface area contributed by atoms with E-state index in [0.29, 0.717) is 28.2 Å². The van der Waals surface area contributed by atoms with E-state index in [0.717, 1.165) is 5.56 Å². The topological polar surface area (TPSA) is 59.8 Å². The molecule has 0 fully saturated rings. The van der Waals surface area contributed by atoms with Gasteiger partial charge in [-0.3, -0.25) is 9.36 Å². The molecule has 0 radical (unpaired) electrons. The standard InChI is InChI=1S/C19H15Cl2FN4OS/c1-2-9-26-18(13-5-3-4-6-14(13)20)24-25-19(26)28-11-17(27)23-12-7-8-16(22)15(21)10-12/h2-8,10H,1,9,11H2,(H,23,27). The van der Waals surface area contributed by atoms with Gasteiger partial charge in [0.2, 0.25) is 5.91 Å². The average Bonchev–Trinajstić information content (AvgIpc) is 3.06. The SMILES string of the molecule is C=CCn1c(SCC(=O)Nc2ccc(F)c(Cl)c2)nnc1-c1ccccc1Cl. The molecule has 0 atom stereocenters. The van der Waals surface area contributed by atoms with E-state index in [-0.39, 0.29) is 16.7 Å². The summed E-state index contributed by atoms with van der Waals surface area (Å²) in [6, 6.07) is 11.3. The Balaban J connectivity index is 1.73. The van der Waals surface area contributed by atoms with E-state index in [1.807, 2.05) is 22.8 Å². The number of hydrogen-bond donors (Lipinski definition) is 1. The van der Waals surface area contributed by atoms with E-state index < -0.39 is 5.82 Å². The van der Waals surface area contributed by atoms with Crippen molar-refractivity contribution in [1.29, 1.82) is 0 Å². The Morgan fingerprint density at radius 1 is 1.21 bits per heavy atom. The highest BCUT2D eigenvalue weighted by atomic mass is 35.5. The Labute approximate surface area is 175 Å². The fourth-order valence-corrected chi connectivity index (χ4v) is 3.58. The molecule has 3 aromatic rings. The molecule has 0 aliphatic heterocycles. The molecule has 5 nitrogen and oxygen atoms in total. The number of hydrogen-bond acceptors (Lipinski definition) is 4. The highest BCUT2D eigenvalue weighted by molar-refractivity contribution is 7.99. The average molecular weight is 437 g/mol. The van der Waals surface area contributed by atoms with Gasteiger partial charge in [0.1, 0.15) is 5.82 Å². The molecule has 3 rings (SSSR count). The molecule has 0 saturated carbocycles. The Morgan fingerprint density at radius 2 is 2.00 bits per heavy atom. The second-order valence-electron chi connectivity index (χ2n) is 5.65. The first-order chi connectivity index (χ1) is 13.5. The van der Waals surface area contributed by atoms with Crippen molar-refractivity contribution in [2.24, 2.45) is 0 Å². The lowest BCUT2D eigenvalue weighted by atomic mass is 10.2. The molecule has 1 heterocycles. The highest BCUT2D eigenvalue weighted by Gasteiger charge is 2.17. The smallest absolute Gasteiger partial charge is 0.234 e. The molecular formula is C19H15Cl2FN4OS. The maximum Gasteiger partial charge on any atom is 0.234 e. The lowest BCUT2D eigenvalue weighted by Crippen LogP contribution is -2.14. The maximum atomic E-state index is 13.2. The number of benzene rings is 2. The van der Waals surface area contributed by atoms with Crippen LogP contribution in [0.2, 0.25) is 10.0 Å². The van der Waals surface area contributed by atoms with Gasteiger partial charge in [-0.2, -0.15) is 0 Å². The third-order valence-electron chi connectivity index (χ3n) is 3.68. The van der Waals surface area contributed by atoms with E-state index in [1.54, 1.807) is 12.1 Å². The van der Waals surface area contributed by atoms with Crippen LogP contribution in [0.5, 0.6) is 0 Å². The minimum absolute atomic E-state index is 0.0550. The van der Waals surface area contributed by atoms with E-state index >= 15 is 0 Å². The number of thioether (sulfide) groups is 1. The molecule has 1 amide bonds. The van der Waals surface area contributed by atoms with Crippen molar-refractivity contribution >= 4 is 46.6 Å². The van der Waals surface area contributed by atoms with Gasteiger partial charge in [0, 0.05) is 17.8 Å². The Morgan fingerprint density at radius 3 is 2.71 bits per heavy atom. The van der Waals surface area contributed by atoms with Crippen molar-refractivity contribution < 1.29 is 9.18 Å². The molecule has 28 heavy (non-hydrogen) atoms. The summed E-state index contributed by atoms with van der Waals surface area (Å²) in [5.41, 5.74) is 1.16. The summed E-state index contributed by atoms with van der Waals surface area (Å²) in [4.78, 5) is 12.2. The maximum absolute atomic E-state index is 13.2. The quantitative estimate of drug-likeness (QED) is 0.402. The molecule has 0 aliphatic carbocycles. The first-order valence-corrected chi connectivity index (χ1v) is 9.90. The van der Waals surface area contributed by atoms with E-state index in [2.05, 4.69) is 22.1 Å². The van der Waals surface area contributed by atoms with Crippen LogP contribution in [0, 0.1) is 5.82 Å². The minimum Gasteiger partial charge on any atom is -0.325 e. The number of nitrogens with one attached hydrogen (secondary N) is 1. The monoisotopic (exact) mass is 436 g/mol. The van der Waals surface area contributed by atoms with Crippen LogP contribution in [0.4, 0.5) is 10.1 Å². The fourth-order valence-electron chi connectivity index (χ4n) is 2.43. The number of carbonyl (C=O) groups excluding carboxylic acids is 1. The van der Waals surface area contributed by atoms with Crippen molar-refractivity contribution in [3.63, 3.8) is 0 Å². The van der Waals surface area contributed by atoms with Gasteiger partial charge in [0.15, 0.2) is 11.0 Å². The van der Waals surface area contributed by atoms with Gasteiger partial charge < -0.3 is 5.32 Å². The summed E-state index contributed by atoms with van der Waals surface area (Å²) in [6.07, 6.45) is 1.72. The number of anilines is 1. The third kappa shape index (κ3) is 4.73. The number of carbonyl (C=O) groups is 1. The first kappa shape index (κ1) is 20.4. The van der Waals surface area contributed by atoms with Crippen molar-refractivity contribution in [3.8, 4) is 11.4 Å². The minimum atomic E-state index is -0.543. The van der Waals surface area contributed by atoms with Gasteiger partial charge in [-0.05, 0) is 30.3 Å². The van der Waals surface area contributed by atoms with Crippen LogP contribution < -0.4 is 5.32 Å². The zero-order chi connectivity index (χ0) is 20.1. The van der Waals surface area contributed by atoms with Crippen LogP contribution in [0.3, 0.4) is 0 Å². The van der Waals surface area contributed by atoms with Gasteiger partial charge in [-0.15, -0.1) is 16.8 Å². The summed E-state index contributed by atoms with van der Waals surface area (Å²) in [5, 5.41) is 12.1.